The molecule has 2 unspecified atom stereocenters. The van der Waals surface area contributed by atoms with E-state index < -0.39 is 5.60 Å². The van der Waals surface area contributed by atoms with Crippen molar-refractivity contribution in [1.29, 1.82) is 0 Å². The van der Waals surface area contributed by atoms with Crippen LogP contribution in [0.5, 0.6) is 0 Å². The molecule has 3 nitrogen and oxygen atoms in total. The molecule has 0 radical (unpaired) electrons. The second-order valence-corrected chi connectivity index (χ2v) is 7.28. The second-order valence-electron chi connectivity index (χ2n) is 7.28. The first-order chi connectivity index (χ1) is 8.88. The van der Waals surface area contributed by atoms with Gasteiger partial charge >= 0.3 is 6.09 Å². The zero-order chi connectivity index (χ0) is 14.0. The van der Waals surface area contributed by atoms with E-state index in [0.717, 1.165) is 12.8 Å². The highest BCUT2D eigenvalue weighted by Crippen LogP contribution is 2.37. The quantitative estimate of drug-likeness (QED) is 0.706. The van der Waals surface area contributed by atoms with Gasteiger partial charge in [-0.05, 0) is 65.7 Å². The van der Waals surface area contributed by atoms with E-state index in [1.54, 1.807) is 0 Å². The largest absolute Gasteiger partial charge is 0.444 e. The van der Waals surface area contributed by atoms with E-state index in [-0.39, 0.29) is 6.09 Å². The van der Waals surface area contributed by atoms with Gasteiger partial charge < -0.3 is 9.64 Å². The van der Waals surface area contributed by atoms with Gasteiger partial charge in [0.2, 0.25) is 0 Å². The predicted octanol–water partition coefficient (Wildman–Crippen LogP) is 4.35. The molecule has 0 aromatic heterocycles. The SMILES string of the molecule is CC1CCCC(C2CCCC2)N1C(=O)OC(C)(C)C. The Hall–Kier alpha value is -0.730. The Morgan fingerprint density at radius 2 is 1.68 bits per heavy atom. The van der Waals surface area contributed by atoms with Crippen molar-refractivity contribution >= 4 is 6.09 Å². The smallest absolute Gasteiger partial charge is 0.410 e. The molecule has 3 heteroatoms. The summed E-state index contributed by atoms with van der Waals surface area (Å²) in [7, 11) is 0. The fraction of sp³-hybridized carbons (Fsp3) is 0.938. The summed E-state index contributed by atoms with van der Waals surface area (Å²) in [5, 5.41) is 0. The number of hydrogen-bond donors (Lipinski definition) is 0. The van der Waals surface area contributed by atoms with Gasteiger partial charge in [0.25, 0.3) is 0 Å². The summed E-state index contributed by atoms with van der Waals surface area (Å²) in [5.74, 6) is 0.704. The van der Waals surface area contributed by atoms with Crippen LogP contribution < -0.4 is 0 Å². The number of hydrogen-bond acceptors (Lipinski definition) is 2. The summed E-state index contributed by atoms with van der Waals surface area (Å²) in [6.07, 6.45) is 8.66. The zero-order valence-corrected chi connectivity index (χ0v) is 12.9. The third kappa shape index (κ3) is 3.64. The fourth-order valence-electron chi connectivity index (χ4n) is 3.66. The van der Waals surface area contributed by atoms with Crippen molar-refractivity contribution in [3.8, 4) is 0 Å². The van der Waals surface area contributed by atoms with Crippen LogP contribution in [0.1, 0.15) is 72.6 Å². The van der Waals surface area contributed by atoms with Crippen molar-refractivity contribution in [2.75, 3.05) is 0 Å². The molecule has 1 saturated carbocycles. The normalized spacial score (nSPS) is 29.6. The predicted molar refractivity (Wildman–Crippen MR) is 77.1 cm³/mol. The van der Waals surface area contributed by atoms with Gasteiger partial charge in [-0.3, -0.25) is 0 Å². The first-order valence-corrected chi connectivity index (χ1v) is 7.90. The Labute approximate surface area is 117 Å². The molecule has 0 bridgehead atoms. The average molecular weight is 267 g/mol. The summed E-state index contributed by atoms with van der Waals surface area (Å²) in [5.41, 5.74) is -0.394. The van der Waals surface area contributed by atoms with E-state index in [2.05, 4.69) is 11.8 Å². The Kier molecular flexibility index (Phi) is 4.42. The van der Waals surface area contributed by atoms with E-state index in [1.165, 1.54) is 32.1 Å². The number of carbonyl (C=O) groups excluding carboxylic acids is 1. The summed E-state index contributed by atoms with van der Waals surface area (Å²) in [6, 6.07) is 0.746. The standard InChI is InChI=1S/C16H29NO2/c1-12-8-7-11-14(13-9-5-6-10-13)17(12)15(18)19-16(2,3)4/h12-14H,5-11H2,1-4H3. The number of nitrogens with zero attached hydrogens (tertiary/aromatic N) is 1. The molecule has 0 spiro atoms. The molecule has 110 valence electrons. The maximum atomic E-state index is 12.5. The molecule has 19 heavy (non-hydrogen) atoms. The molecule has 1 aliphatic heterocycles. The maximum Gasteiger partial charge on any atom is 0.410 e. The minimum atomic E-state index is -0.394. The van der Waals surface area contributed by atoms with Crippen LogP contribution in [0.4, 0.5) is 4.79 Å². The fourth-order valence-corrected chi connectivity index (χ4v) is 3.66. The molecule has 0 aromatic rings. The van der Waals surface area contributed by atoms with Gasteiger partial charge in [0, 0.05) is 12.1 Å². The number of ether oxygens (including phenoxy) is 1. The Balaban J connectivity index is 2.09. The van der Waals surface area contributed by atoms with Crippen molar-refractivity contribution in [2.45, 2.75) is 90.3 Å². The molecule has 1 heterocycles. The molecule has 1 aliphatic carbocycles. The first kappa shape index (κ1) is 14.7. The van der Waals surface area contributed by atoms with Crippen LogP contribution >= 0.6 is 0 Å². The zero-order valence-electron chi connectivity index (χ0n) is 12.9. The van der Waals surface area contributed by atoms with Crippen molar-refractivity contribution in [1.82, 2.24) is 4.90 Å². The number of rotatable bonds is 1. The molecular formula is C16H29NO2. The monoisotopic (exact) mass is 267 g/mol. The number of likely N-dealkylation sites (tertiary alicyclic amines) is 1. The van der Waals surface area contributed by atoms with Crippen LogP contribution in [0.3, 0.4) is 0 Å². The van der Waals surface area contributed by atoms with E-state index in [9.17, 15) is 4.79 Å². The lowest BCUT2D eigenvalue weighted by Crippen LogP contribution is -2.53. The number of carbonyl (C=O) groups is 1. The molecule has 2 fully saturated rings. The highest BCUT2D eigenvalue weighted by atomic mass is 16.6. The second kappa shape index (κ2) is 5.72. The molecule has 2 rings (SSSR count). The molecule has 2 atom stereocenters. The summed E-state index contributed by atoms with van der Waals surface area (Å²) >= 11 is 0. The maximum absolute atomic E-state index is 12.5. The molecule has 2 aliphatic rings. The van der Waals surface area contributed by atoms with Gasteiger partial charge in [0.05, 0.1) is 0 Å². The van der Waals surface area contributed by atoms with Gasteiger partial charge in [-0.1, -0.05) is 12.8 Å². The lowest BCUT2D eigenvalue weighted by Gasteiger charge is -2.43. The highest BCUT2D eigenvalue weighted by Gasteiger charge is 2.39. The van der Waals surface area contributed by atoms with Gasteiger partial charge in [-0.15, -0.1) is 0 Å². The lowest BCUT2D eigenvalue weighted by atomic mass is 9.87. The van der Waals surface area contributed by atoms with E-state index >= 15 is 0 Å². The van der Waals surface area contributed by atoms with Gasteiger partial charge in [-0.25, -0.2) is 4.79 Å². The van der Waals surface area contributed by atoms with Crippen LogP contribution in [-0.4, -0.2) is 28.7 Å². The van der Waals surface area contributed by atoms with Crippen molar-refractivity contribution in [3.05, 3.63) is 0 Å². The number of piperidine rings is 1. The molecule has 0 N–H and O–H groups in total. The topological polar surface area (TPSA) is 29.5 Å². The lowest BCUT2D eigenvalue weighted by molar-refractivity contribution is -0.0124. The van der Waals surface area contributed by atoms with Crippen molar-refractivity contribution < 1.29 is 9.53 Å². The van der Waals surface area contributed by atoms with Crippen LogP contribution in [0.2, 0.25) is 0 Å². The molecule has 0 aromatic carbocycles. The van der Waals surface area contributed by atoms with Crippen LogP contribution in [-0.2, 0) is 4.74 Å². The molecular weight excluding hydrogens is 238 g/mol. The Bertz CT molecular complexity index is 315. The Morgan fingerprint density at radius 1 is 1.05 bits per heavy atom. The van der Waals surface area contributed by atoms with Crippen molar-refractivity contribution in [3.63, 3.8) is 0 Å². The van der Waals surface area contributed by atoms with E-state index in [4.69, 9.17) is 4.74 Å². The van der Waals surface area contributed by atoms with Gasteiger partial charge in [0.1, 0.15) is 5.60 Å². The number of amides is 1. The van der Waals surface area contributed by atoms with Crippen molar-refractivity contribution in [2.24, 2.45) is 5.92 Å². The Morgan fingerprint density at radius 3 is 2.26 bits per heavy atom. The minimum Gasteiger partial charge on any atom is -0.444 e. The molecule has 1 saturated heterocycles. The first-order valence-electron chi connectivity index (χ1n) is 7.90. The average Bonchev–Trinajstić information content (AvgIpc) is 2.79. The van der Waals surface area contributed by atoms with E-state index in [1.807, 2.05) is 20.8 Å². The summed E-state index contributed by atoms with van der Waals surface area (Å²) < 4.78 is 5.62. The minimum absolute atomic E-state index is 0.100. The van der Waals surface area contributed by atoms with Gasteiger partial charge in [0.15, 0.2) is 0 Å². The summed E-state index contributed by atoms with van der Waals surface area (Å²) in [4.78, 5) is 14.6. The highest BCUT2D eigenvalue weighted by molar-refractivity contribution is 5.69. The van der Waals surface area contributed by atoms with Crippen LogP contribution in [0.25, 0.3) is 0 Å². The van der Waals surface area contributed by atoms with E-state index in [0.29, 0.717) is 18.0 Å². The third-order valence-corrected chi connectivity index (χ3v) is 4.50. The van der Waals surface area contributed by atoms with Gasteiger partial charge in [-0.2, -0.15) is 0 Å². The third-order valence-electron chi connectivity index (χ3n) is 4.50. The van der Waals surface area contributed by atoms with Crippen LogP contribution in [0, 0.1) is 5.92 Å². The van der Waals surface area contributed by atoms with Crippen LogP contribution in [0.15, 0.2) is 0 Å². The molecule has 1 amide bonds. The summed E-state index contributed by atoms with van der Waals surface area (Å²) in [6.45, 7) is 8.02.